The van der Waals surface area contributed by atoms with Crippen molar-refractivity contribution in [1.82, 2.24) is 4.98 Å². The summed E-state index contributed by atoms with van der Waals surface area (Å²) in [6.07, 6.45) is 3.47. The number of aliphatic hydroxyl groups excluding tert-OH is 1. The second-order valence-electron chi connectivity index (χ2n) is 4.98. The summed E-state index contributed by atoms with van der Waals surface area (Å²) in [5, 5.41) is 10.8. The molecule has 1 aliphatic rings. The van der Waals surface area contributed by atoms with Gasteiger partial charge in [-0.05, 0) is 32.6 Å². The van der Waals surface area contributed by atoms with Crippen LogP contribution in [0.5, 0.6) is 0 Å². The van der Waals surface area contributed by atoms with E-state index in [0.29, 0.717) is 0 Å². The molecule has 1 aromatic rings. The van der Waals surface area contributed by atoms with Crippen LogP contribution in [0, 0.1) is 12.8 Å². The number of rotatable bonds is 3. The number of aliphatic hydroxyl groups is 1. The van der Waals surface area contributed by atoms with E-state index in [1.807, 2.05) is 13.8 Å². The minimum atomic E-state index is -0.395. The molecule has 4 heteroatoms. The van der Waals surface area contributed by atoms with Crippen molar-refractivity contribution in [3.8, 4) is 0 Å². The predicted octanol–water partition coefficient (Wildman–Crippen LogP) is 3.13. The quantitative estimate of drug-likeness (QED) is 0.900. The zero-order chi connectivity index (χ0) is 12.4. The van der Waals surface area contributed by atoms with Gasteiger partial charge in [-0.1, -0.05) is 24.7 Å². The zero-order valence-corrected chi connectivity index (χ0v) is 11.8. The highest BCUT2D eigenvalue weighted by atomic mass is 32.1. The Morgan fingerprint density at radius 1 is 1.59 bits per heavy atom. The zero-order valence-electron chi connectivity index (χ0n) is 10.9. The number of nitrogens with zero attached hydrogens (tertiary/aromatic N) is 2. The fourth-order valence-electron chi connectivity index (χ4n) is 2.49. The second kappa shape index (κ2) is 5.36. The maximum absolute atomic E-state index is 9.67. The lowest BCUT2D eigenvalue weighted by Gasteiger charge is -2.31. The predicted molar refractivity (Wildman–Crippen MR) is 72.7 cm³/mol. The van der Waals surface area contributed by atoms with Gasteiger partial charge >= 0.3 is 0 Å². The molecule has 96 valence electrons. The van der Waals surface area contributed by atoms with Crippen LogP contribution in [0.2, 0.25) is 0 Å². The molecule has 1 aromatic heterocycles. The minimum Gasteiger partial charge on any atom is -0.388 e. The van der Waals surface area contributed by atoms with Gasteiger partial charge in [0.25, 0.3) is 0 Å². The molecule has 0 saturated carbocycles. The lowest BCUT2D eigenvalue weighted by Crippen LogP contribution is -2.35. The van der Waals surface area contributed by atoms with Crippen molar-refractivity contribution in [2.75, 3.05) is 18.0 Å². The molecule has 2 heterocycles. The summed E-state index contributed by atoms with van der Waals surface area (Å²) in [5.41, 5.74) is 0.985. The molecule has 0 bridgehead atoms. The average molecular weight is 254 g/mol. The molecule has 0 radical (unpaired) electrons. The Hall–Kier alpha value is -0.610. The summed E-state index contributed by atoms with van der Waals surface area (Å²) in [7, 11) is 0. The Balaban J connectivity index is 2.14. The van der Waals surface area contributed by atoms with Gasteiger partial charge in [0.2, 0.25) is 0 Å². The first-order valence-corrected chi connectivity index (χ1v) is 7.33. The summed E-state index contributed by atoms with van der Waals surface area (Å²) in [5.74, 6) is 0.808. The van der Waals surface area contributed by atoms with Gasteiger partial charge in [-0.25, -0.2) is 4.98 Å². The molecule has 2 atom stereocenters. The Labute approximate surface area is 107 Å². The van der Waals surface area contributed by atoms with Crippen LogP contribution in [0.25, 0.3) is 0 Å². The van der Waals surface area contributed by atoms with Crippen molar-refractivity contribution >= 4 is 16.5 Å². The van der Waals surface area contributed by atoms with Gasteiger partial charge in [-0.3, -0.25) is 0 Å². The van der Waals surface area contributed by atoms with Gasteiger partial charge in [0.05, 0.1) is 16.7 Å². The summed E-state index contributed by atoms with van der Waals surface area (Å²) in [4.78, 5) is 8.01. The van der Waals surface area contributed by atoms with Crippen LogP contribution in [0.1, 0.15) is 49.8 Å². The number of thiazole rings is 1. The highest BCUT2D eigenvalue weighted by Gasteiger charge is 2.22. The highest BCUT2D eigenvalue weighted by Crippen LogP contribution is 2.33. The Morgan fingerprint density at radius 3 is 2.94 bits per heavy atom. The lowest BCUT2D eigenvalue weighted by atomic mass is 9.96. The molecule has 0 amide bonds. The molecule has 3 nitrogen and oxygen atoms in total. The van der Waals surface area contributed by atoms with E-state index in [4.69, 9.17) is 0 Å². The molecule has 1 saturated heterocycles. The molecular weight excluding hydrogens is 232 g/mol. The van der Waals surface area contributed by atoms with E-state index in [2.05, 4.69) is 16.8 Å². The standard InChI is InChI=1S/C13H22N2OS/c1-4-11-6-5-7-15(8-11)13-14-9(2)12(17-13)10(3)16/h10-11,16H,4-8H2,1-3H3. The van der Waals surface area contributed by atoms with E-state index in [1.54, 1.807) is 11.3 Å². The fraction of sp³-hybridized carbons (Fsp3) is 0.769. The molecule has 1 aliphatic heterocycles. The van der Waals surface area contributed by atoms with Crippen molar-refractivity contribution in [1.29, 1.82) is 0 Å². The summed E-state index contributed by atoms with van der Waals surface area (Å²) >= 11 is 1.65. The number of hydrogen-bond acceptors (Lipinski definition) is 4. The van der Waals surface area contributed by atoms with E-state index in [9.17, 15) is 5.11 Å². The molecule has 0 spiro atoms. The van der Waals surface area contributed by atoms with E-state index in [-0.39, 0.29) is 0 Å². The van der Waals surface area contributed by atoms with Crippen LogP contribution in [0.15, 0.2) is 0 Å². The molecule has 17 heavy (non-hydrogen) atoms. The monoisotopic (exact) mass is 254 g/mol. The maximum atomic E-state index is 9.67. The van der Waals surface area contributed by atoms with E-state index < -0.39 is 6.10 Å². The van der Waals surface area contributed by atoms with E-state index in [0.717, 1.165) is 34.7 Å². The summed E-state index contributed by atoms with van der Waals surface area (Å²) in [6.45, 7) is 8.31. The lowest BCUT2D eigenvalue weighted by molar-refractivity contribution is 0.202. The first-order chi connectivity index (χ1) is 8.11. The van der Waals surface area contributed by atoms with Crippen molar-refractivity contribution in [3.63, 3.8) is 0 Å². The maximum Gasteiger partial charge on any atom is 0.185 e. The van der Waals surface area contributed by atoms with Crippen LogP contribution in [0.4, 0.5) is 5.13 Å². The van der Waals surface area contributed by atoms with Gasteiger partial charge in [-0.2, -0.15) is 0 Å². The largest absolute Gasteiger partial charge is 0.388 e. The van der Waals surface area contributed by atoms with E-state index in [1.165, 1.54) is 19.3 Å². The molecule has 2 rings (SSSR count). The van der Waals surface area contributed by atoms with Crippen molar-refractivity contribution in [2.24, 2.45) is 5.92 Å². The third kappa shape index (κ3) is 2.80. The van der Waals surface area contributed by atoms with Crippen LogP contribution >= 0.6 is 11.3 Å². The Morgan fingerprint density at radius 2 is 2.35 bits per heavy atom. The summed E-state index contributed by atoms with van der Waals surface area (Å²) in [6, 6.07) is 0. The first kappa shape index (κ1) is 12.8. The minimum absolute atomic E-state index is 0.395. The molecular formula is C13H22N2OS. The van der Waals surface area contributed by atoms with Crippen molar-refractivity contribution < 1.29 is 5.11 Å². The number of aromatic nitrogens is 1. The van der Waals surface area contributed by atoms with Crippen LogP contribution in [-0.2, 0) is 0 Å². The van der Waals surface area contributed by atoms with Crippen LogP contribution in [0.3, 0.4) is 0 Å². The van der Waals surface area contributed by atoms with Crippen molar-refractivity contribution in [2.45, 2.75) is 46.1 Å². The normalized spacial score (nSPS) is 22.8. The van der Waals surface area contributed by atoms with Crippen LogP contribution < -0.4 is 4.90 Å². The van der Waals surface area contributed by atoms with Gasteiger partial charge in [0.1, 0.15) is 0 Å². The Kier molecular flexibility index (Phi) is 4.05. The first-order valence-electron chi connectivity index (χ1n) is 6.52. The highest BCUT2D eigenvalue weighted by molar-refractivity contribution is 7.15. The SMILES string of the molecule is CCC1CCCN(c2nc(C)c(C(C)O)s2)C1. The second-order valence-corrected chi connectivity index (χ2v) is 5.99. The molecule has 2 unspecified atom stereocenters. The number of piperidine rings is 1. The van der Waals surface area contributed by atoms with Gasteiger partial charge in [-0.15, -0.1) is 0 Å². The fourth-order valence-corrected chi connectivity index (χ4v) is 3.53. The summed E-state index contributed by atoms with van der Waals surface area (Å²) < 4.78 is 0. The number of aryl methyl sites for hydroxylation is 1. The smallest absolute Gasteiger partial charge is 0.185 e. The molecule has 1 N–H and O–H groups in total. The van der Waals surface area contributed by atoms with Crippen LogP contribution in [-0.4, -0.2) is 23.2 Å². The van der Waals surface area contributed by atoms with Gasteiger partial charge < -0.3 is 10.0 Å². The van der Waals surface area contributed by atoms with Gasteiger partial charge in [0.15, 0.2) is 5.13 Å². The Bertz CT molecular complexity index is 375. The third-order valence-corrected chi connectivity index (χ3v) is 4.96. The average Bonchev–Trinajstić information content (AvgIpc) is 2.71. The topological polar surface area (TPSA) is 36.4 Å². The molecule has 0 aliphatic carbocycles. The number of anilines is 1. The number of hydrogen-bond donors (Lipinski definition) is 1. The van der Waals surface area contributed by atoms with Gasteiger partial charge in [0, 0.05) is 13.1 Å². The van der Waals surface area contributed by atoms with E-state index >= 15 is 0 Å². The van der Waals surface area contributed by atoms with Crippen molar-refractivity contribution in [3.05, 3.63) is 10.6 Å². The third-order valence-electron chi connectivity index (χ3n) is 3.57. The molecule has 1 fully saturated rings. The molecule has 0 aromatic carbocycles.